The van der Waals surface area contributed by atoms with Crippen molar-refractivity contribution in [3.63, 3.8) is 0 Å². The molecular formula is C18H24O5. The second-order valence-corrected chi connectivity index (χ2v) is 6.15. The van der Waals surface area contributed by atoms with Crippen LogP contribution in [0, 0.1) is 5.92 Å². The largest absolute Gasteiger partial charge is 0.465 e. The highest BCUT2D eigenvalue weighted by molar-refractivity contribution is 6.01. The maximum atomic E-state index is 12.9. The zero-order chi connectivity index (χ0) is 17.0. The molecule has 0 saturated carbocycles. The van der Waals surface area contributed by atoms with E-state index in [0.717, 1.165) is 0 Å². The van der Waals surface area contributed by atoms with Crippen molar-refractivity contribution in [2.45, 2.75) is 39.4 Å². The molecule has 1 saturated heterocycles. The fourth-order valence-corrected chi connectivity index (χ4v) is 2.70. The molecule has 1 aromatic carbocycles. The summed E-state index contributed by atoms with van der Waals surface area (Å²) in [6, 6.07) is 7.15. The Hall–Kier alpha value is -1.72. The number of rotatable bonds is 6. The molecule has 1 fully saturated rings. The van der Waals surface area contributed by atoms with Crippen LogP contribution in [0.25, 0.3) is 0 Å². The lowest BCUT2D eigenvalue weighted by molar-refractivity contribution is -0.148. The molecule has 0 aromatic heterocycles. The van der Waals surface area contributed by atoms with Gasteiger partial charge < -0.3 is 14.2 Å². The standard InChI is InChI=1S/C18H24O5/c1-5-21-17(20)18(3,4)14-9-7-6-8-13(14)15(19)12(2)16-22-10-11-23-16/h6-9,12,16H,5,10-11H2,1-4H3. The van der Waals surface area contributed by atoms with Crippen LogP contribution in [0.4, 0.5) is 0 Å². The summed E-state index contributed by atoms with van der Waals surface area (Å²) in [5, 5.41) is 0. The van der Waals surface area contributed by atoms with Crippen molar-refractivity contribution in [2.24, 2.45) is 5.92 Å². The van der Waals surface area contributed by atoms with E-state index in [-0.39, 0.29) is 11.8 Å². The number of Topliss-reactive ketones (excluding diaryl/α,β-unsaturated/α-hetero) is 1. The van der Waals surface area contributed by atoms with Crippen molar-refractivity contribution in [3.05, 3.63) is 35.4 Å². The molecule has 1 heterocycles. The monoisotopic (exact) mass is 320 g/mol. The van der Waals surface area contributed by atoms with Crippen molar-refractivity contribution in [1.82, 2.24) is 0 Å². The molecule has 1 aromatic rings. The summed E-state index contributed by atoms with van der Waals surface area (Å²) in [6.45, 7) is 8.39. The fourth-order valence-electron chi connectivity index (χ4n) is 2.70. The highest BCUT2D eigenvalue weighted by atomic mass is 16.7. The minimum atomic E-state index is -0.903. The molecule has 0 N–H and O–H groups in total. The van der Waals surface area contributed by atoms with Crippen LogP contribution in [0.15, 0.2) is 24.3 Å². The molecule has 1 atom stereocenters. The summed E-state index contributed by atoms with van der Waals surface area (Å²) in [5.41, 5.74) is 0.268. The molecule has 0 amide bonds. The Balaban J connectivity index is 2.33. The smallest absolute Gasteiger partial charge is 0.315 e. The van der Waals surface area contributed by atoms with Crippen molar-refractivity contribution in [2.75, 3.05) is 19.8 Å². The molecule has 23 heavy (non-hydrogen) atoms. The zero-order valence-corrected chi connectivity index (χ0v) is 14.1. The van der Waals surface area contributed by atoms with E-state index in [1.807, 2.05) is 6.07 Å². The van der Waals surface area contributed by atoms with E-state index >= 15 is 0 Å². The first-order valence-electron chi connectivity index (χ1n) is 7.93. The molecule has 0 radical (unpaired) electrons. The van der Waals surface area contributed by atoms with Gasteiger partial charge in [0.2, 0.25) is 0 Å². The maximum Gasteiger partial charge on any atom is 0.315 e. The zero-order valence-electron chi connectivity index (χ0n) is 14.1. The number of carbonyl (C=O) groups excluding carboxylic acids is 2. The Labute approximate surface area is 136 Å². The van der Waals surface area contributed by atoms with Crippen LogP contribution in [-0.2, 0) is 24.4 Å². The quantitative estimate of drug-likeness (QED) is 0.596. The predicted octanol–water partition coefficient (Wildman–Crippen LogP) is 2.72. The van der Waals surface area contributed by atoms with Crippen LogP contribution in [0.2, 0.25) is 0 Å². The molecule has 1 unspecified atom stereocenters. The second-order valence-electron chi connectivity index (χ2n) is 6.15. The summed E-state index contributed by atoms with van der Waals surface area (Å²) in [7, 11) is 0. The van der Waals surface area contributed by atoms with Gasteiger partial charge in [0.15, 0.2) is 12.1 Å². The highest BCUT2D eigenvalue weighted by Crippen LogP contribution is 2.30. The summed E-state index contributed by atoms with van der Waals surface area (Å²) >= 11 is 0. The molecule has 2 rings (SSSR count). The van der Waals surface area contributed by atoms with Crippen LogP contribution < -0.4 is 0 Å². The lowest BCUT2D eigenvalue weighted by atomic mass is 9.79. The molecule has 1 aliphatic heterocycles. The number of ketones is 1. The molecule has 126 valence electrons. The van der Waals surface area contributed by atoms with Gasteiger partial charge in [-0.1, -0.05) is 31.2 Å². The van der Waals surface area contributed by atoms with Gasteiger partial charge in [-0.05, 0) is 26.3 Å². The van der Waals surface area contributed by atoms with E-state index in [2.05, 4.69) is 0 Å². The third-order valence-corrected chi connectivity index (χ3v) is 4.12. The van der Waals surface area contributed by atoms with Crippen LogP contribution in [-0.4, -0.2) is 37.9 Å². The molecule has 5 nitrogen and oxygen atoms in total. The highest BCUT2D eigenvalue weighted by Gasteiger charge is 2.37. The Morgan fingerprint density at radius 1 is 1.26 bits per heavy atom. The Morgan fingerprint density at radius 2 is 1.87 bits per heavy atom. The van der Waals surface area contributed by atoms with E-state index in [1.165, 1.54) is 0 Å². The molecular weight excluding hydrogens is 296 g/mol. The van der Waals surface area contributed by atoms with Gasteiger partial charge in [-0.15, -0.1) is 0 Å². The molecule has 5 heteroatoms. The van der Waals surface area contributed by atoms with Gasteiger partial charge in [0.05, 0.1) is 31.2 Å². The van der Waals surface area contributed by atoms with Gasteiger partial charge in [0.1, 0.15) is 0 Å². The average Bonchev–Trinajstić information content (AvgIpc) is 3.08. The molecule has 0 aliphatic carbocycles. The number of hydrogen-bond donors (Lipinski definition) is 0. The first kappa shape index (κ1) is 17.6. The van der Waals surface area contributed by atoms with Crippen molar-refractivity contribution in [3.8, 4) is 0 Å². The Bertz CT molecular complexity index is 573. The van der Waals surface area contributed by atoms with Crippen molar-refractivity contribution >= 4 is 11.8 Å². The number of hydrogen-bond acceptors (Lipinski definition) is 5. The van der Waals surface area contributed by atoms with Crippen LogP contribution >= 0.6 is 0 Å². The van der Waals surface area contributed by atoms with E-state index in [1.54, 1.807) is 45.9 Å². The normalized spacial score (nSPS) is 17.0. The van der Waals surface area contributed by atoms with Crippen LogP contribution in [0.3, 0.4) is 0 Å². The van der Waals surface area contributed by atoms with Gasteiger partial charge >= 0.3 is 5.97 Å². The number of esters is 1. The summed E-state index contributed by atoms with van der Waals surface area (Å²) in [6.07, 6.45) is -0.527. The van der Waals surface area contributed by atoms with Gasteiger partial charge in [0.25, 0.3) is 0 Å². The molecule has 0 spiro atoms. The van der Waals surface area contributed by atoms with Crippen LogP contribution in [0.1, 0.15) is 43.6 Å². The lowest BCUT2D eigenvalue weighted by Gasteiger charge is -2.26. The topological polar surface area (TPSA) is 61.8 Å². The van der Waals surface area contributed by atoms with Crippen molar-refractivity contribution < 1.29 is 23.8 Å². The van der Waals surface area contributed by atoms with Gasteiger partial charge in [-0.3, -0.25) is 9.59 Å². The minimum absolute atomic E-state index is 0.0927. The first-order chi connectivity index (χ1) is 10.9. The number of benzene rings is 1. The summed E-state index contributed by atoms with van der Waals surface area (Å²) < 4.78 is 16.0. The summed E-state index contributed by atoms with van der Waals surface area (Å²) in [4.78, 5) is 25.2. The Morgan fingerprint density at radius 3 is 2.48 bits per heavy atom. The molecule has 0 bridgehead atoms. The SMILES string of the molecule is CCOC(=O)C(C)(C)c1ccccc1C(=O)C(C)C1OCCO1. The third-order valence-electron chi connectivity index (χ3n) is 4.12. The van der Waals surface area contributed by atoms with Crippen molar-refractivity contribution in [1.29, 1.82) is 0 Å². The molecule has 1 aliphatic rings. The van der Waals surface area contributed by atoms with E-state index in [4.69, 9.17) is 14.2 Å². The van der Waals surface area contributed by atoms with Gasteiger partial charge in [-0.2, -0.15) is 0 Å². The number of carbonyl (C=O) groups is 2. The number of ether oxygens (including phenoxy) is 3. The minimum Gasteiger partial charge on any atom is -0.465 e. The average molecular weight is 320 g/mol. The van der Waals surface area contributed by atoms with Gasteiger partial charge in [0, 0.05) is 5.56 Å². The lowest BCUT2D eigenvalue weighted by Crippen LogP contribution is -2.34. The van der Waals surface area contributed by atoms with E-state index in [9.17, 15) is 9.59 Å². The third kappa shape index (κ3) is 3.62. The summed E-state index contributed by atoms with van der Waals surface area (Å²) in [5.74, 6) is -0.872. The maximum absolute atomic E-state index is 12.9. The van der Waals surface area contributed by atoms with Gasteiger partial charge in [-0.25, -0.2) is 0 Å². The van der Waals surface area contributed by atoms with E-state index < -0.39 is 17.6 Å². The first-order valence-corrected chi connectivity index (χ1v) is 7.93. The Kier molecular flexibility index (Phi) is 5.55. The van der Waals surface area contributed by atoms with Crippen LogP contribution in [0.5, 0.6) is 0 Å². The second kappa shape index (κ2) is 7.23. The fraction of sp³-hybridized carbons (Fsp3) is 0.556. The predicted molar refractivity (Wildman–Crippen MR) is 85.3 cm³/mol. The van der Waals surface area contributed by atoms with E-state index in [0.29, 0.717) is 30.9 Å².